The molecular weight excluding hydrogens is 232 g/mol. The summed E-state index contributed by atoms with van der Waals surface area (Å²) >= 11 is 0. The number of nitrogens with two attached hydrogens (primary N) is 1. The summed E-state index contributed by atoms with van der Waals surface area (Å²) < 4.78 is 0. The van der Waals surface area contributed by atoms with Gasteiger partial charge in [0.05, 0.1) is 0 Å². The van der Waals surface area contributed by atoms with Crippen molar-refractivity contribution in [3.63, 3.8) is 0 Å². The van der Waals surface area contributed by atoms with Crippen LogP contribution in [0.15, 0.2) is 12.1 Å². The minimum Gasteiger partial charge on any atom is -0.399 e. The molecule has 1 heterocycles. The number of hydrogen-bond donors (Lipinski definition) is 1. The van der Waals surface area contributed by atoms with Crippen molar-refractivity contribution in [3.8, 4) is 0 Å². The van der Waals surface area contributed by atoms with Gasteiger partial charge in [-0.25, -0.2) is 0 Å². The van der Waals surface area contributed by atoms with Crippen molar-refractivity contribution in [2.45, 2.75) is 53.4 Å². The molecule has 1 aliphatic heterocycles. The third-order valence-corrected chi connectivity index (χ3v) is 4.54. The number of rotatable bonds is 5. The summed E-state index contributed by atoms with van der Waals surface area (Å²) in [5.74, 6) is 0. The maximum atomic E-state index is 5.98. The highest BCUT2D eigenvalue weighted by Gasteiger charge is 2.41. The van der Waals surface area contributed by atoms with Crippen molar-refractivity contribution in [2.24, 2.45) is 5.41 Å². The standard InChI is InChI=1S/C17H28N2/c1-5-7-17(8-6-2)11-19(12-17)16-10-13(3)15(18)9-14(16)4/h9-10H,5-8,11-12,18H2,1-4H3. The lowest BCUT2D eigenvalue weighted by atomic mass is 9.72. The molecule has 1 aromatic rings. The van der Waals surface area contributed by atoms with Gasteiger partial charge in [0.25, 0.3) is 0 Å². The van der Waals surface area contributed by atoms with E-state index in [-0.39, 0.29) is 0 Å². The number of nitrogen functional groups attached to an aromatic ring is 1. The van der Waals surface area contributed by atoms with Crippen LogP contribution in [-0.4, -0.2) is 13.1 Å². The largest absolute Gasteiger partial charge is 0.399 e. The van der Waals surface area contributed by atoms with Gasteiger partial charge in [-0.2, -0.15) is 0 Å². The Morgan fingerprint density at radius 1 is 1.05 bits per heavy atom. The second kappa shape index (κ2) is 5.44. The van der Waals surface area contributed by atoms with Crippen molar-refractivity contribution >= 4 is 11.4 Å². The molecule has 0 radical (unpaired) electrons. The van der Waals surface area contributed by atoms with Gasteiger partial charge in [-0.05, 0) is 49.9 Å². The Kier molecular flexibility index (Phi) is 4.07. The van der Waals surface area contributed by atoms with Gasteiger partial charge in [0.1, 0.15) is 0 Å². The number of anilines is 2. The molecule has 0 spiro atoms. The molecule has 0 aliphatic carbocycles. The first kappa shape index (κ1) is 14.2. The highest BCUT2D eigenvalue weighted by atomic mass is 15.2. The SMILES string of the molecule is CCCC1(CCC)CN(c2cc(C)c(N)cc2C)C1. The molecule has 2 N–H and O–H groups in total. The lowest BCUT2D eigenvalue weighted by Crippen LogP contribution is -2.56. The third-order valence-electron chi connectivity index (χ3n) is 4.54. The van der Waals surface area contributed by atoms with Crippen LogP contribution in [0, 0.1) is 19.3 Å². The summed E-state index contributed by atoms with van der Waals surface area (Å²) in [4.78, 5) is 2.53. The molecule has 0 bridgehead atoms. The highest BCUT2D eigenvalue weighted by Crippen LogP contribution is 2.43. The zero-order chi connectivity index (χ0) is 14.0. The van der Waals surface area contributed by atoms with Gasteiger partial charge in [-0.15, -0.1) is 0 Å². The van der Waals surface area contributed by atoms with Crippen LogP contribution in [0.4, 0.5) is 11.4 Å². The molecule has 0 unspecified atom stereocenters. The van der Waals surface area contributed by atoms with Crippen molar-refractivity contribution in [1.29, 1.82) is 0 Å². The molecule has 1 aliphatic rings. The maximum absolute atomic E-state index is 5.98. The molecule has 106 valence electrons. The molecule has 1 aromatic carbocycles. The first-order valence-corrected chi connectivity index (χ1v) is 7.63. The number of aryl methyl sites for hydroxylation is 2. The Balaban J connectivity index is 2.13. The zero-order valence-corrected chi connectivity index (χ0v) is 12.9. The molecule has 2 rings (SSSR count). The topological polar surface area (TPSA) is 29.3 Å². The van der Waals surface area contributed by atoms with E-state index in [2.05, 4.69) is 44.7 Å². The van der Waals surface area contributed by atoms with E-state index < -0.39 is 0 Å². The van der Waals surface area contributed by atoms with E-state index in [1.165, 1.54) is 55.6 Å². The lowest BCUT2D eigenvalue weighted by Gasteiger charge is -2.52. The van der Waals surface area contributed by atoms with E-state index in [9.17, 15) is 0 Å². The van der Waals surface area contributed by atoms with Gasteiger partial charge in [-0.3, -0.25) is 0 Å². The van der Waals surface area contributed by atoms with E-state index in [4.69, 9.17) is 5.73 Å². The fraction of sp³-hybridized carbons (Fsp3) is 0.647. The predicted octanol–water partition coefficient (Wildman–Crippen LogP) is 4.29. The van der Waals surface area contributed by atoms with E-state index in [0.29, 0.717) is 5.41 Å². The summed E-state index contributed by atoms with van der Waals surface area (Å²) in [6, 6.07) is 4.37. The molecule has 0 aromatic heterocycles. The summed E-state index contributed by atoms with van der Waals surface area (Å²) in [5, 5.41) is 0. The Morgan fingerprint density at radius 3 is 2.16 bits per heavy atom. The molecule has 19 heavy (non-hydrogen) atoms. The van der Waals surface area contributed by atoms with Crippen LogP contribution >= 0.6 is 0 Å². The monoisotopic (exact) mass is 260 g/mol. The first-order chi connectivity index (χ1) is 9.01. The third kappa shape index (κ3) is 2.72. The highest BCUT2D eigenvalue weighted by molar-refractivity contribution is 5.64. The minimum absolute atomic E-state index is 0.575. The van der Waals surface area contributed by atoms with Gasteiger partial charge in [0, 0.05) is 29.9 Å². The molecule has 2 heteroatoms. The summed E-state index contributed by atoms with van der Waals surface area (Å²) in [7, 11) is 0. The normalized spacial score (nSPS) is 17.4. The van der Waals surface area contributed by atoms with E-state index >= 15 is 0 Å². The van der Waals surface area contributed by atoms with Crippen LogP contribution < -0.4 is 10.6 Å². The van der Waals surface area contributed by atoms with Crippen LogP contribution in [0.25, 0.3) is 0 Å². The van der Waals surface area contributed by atoms with Gasteiger partial charge in [-0.1, -0.05) is 26.7 Å². The van der Waals surface area contributed by atoms with Gasteiger partial charge in [0.2, 0.25) is 0 Å². The van der Waals surface area contributed by atoms with E-state index in [1.807, 2.05) is 0 Å². The van der Waals surface area contributed by atoms with Gasteiger partial charge in [0.15, 0.2) is 0 Å². The Hall–Kier alpha value is -1.18. The molecule has 0 amide bonds. The quantitative estimate of drug-likeness (QED) is 0.800. The van der Waals surface area contributed by atoms with Gasteiger partial charge < -0.3 is 10.6 Å². The van der Waals surface area contributed by atoms with Crippen LogP contribution in [0.2, 0.25) is 0 Å². The van der Waals surface area contributed by atoms with Crippen LogP contribution in [0.1, 0.15) is 50.7 Å². The molecule has 0 atom stereocenters. The van der Waals surface area contributed by atoms with Crippen molar-refractivity contribution < 1.29 is 0 Å². The second-order valence-corrected chi connectivity index (χ2v) is 6.35. The van der Waals surface area contributed by atoms with Crippen LogP contribution in [-0.2, 0) is 0 Å². The van der Waals surface area contributed by atoms with Crippen LogP contribution in [0.3, 0.4) is 0 Å². The fourth-order valence-corrected chi connectivity index (χ4v) is 3.60. The summed E-state index contributed by atoms with van der Waals surface area (Å²) in [6.45, 7) is 11.3. The van der Waals surface area contributed by atoms with Crippen molar-refractivity contribution in [3.05, 3.63) is 23.3 Å². The van der Waals surface area contributed by atoms with Gasteiger partial charge >= 0.3 is 0 Å². The number of hydrogen-bond acceptors (Lipinski definition) is 2. The van der Waals surface area contributed by atoms with Crippen LogP contribution in [0.5, 0.6) is 0 Å². The first-order valence-electron chi connectivity index (χ1n) is 7.63. The van der Waals surface area contributed by atoms with Crippen molar-refractivity contribution in [1.82, 2.24) is 0 Å². The Morgan fingerprint density at radius 2 is 1.63 bits per heavy atom. The second-order valence-electron chi connectivity index (χ2n) is 6.35. The minimum atomic E-state index is 0.575. The zero-order valence-electron chi connectivity index (χ0n) is 12.9. The number of benzene rings is 1. The summed E-state index contributed by atoms with van der Waals surface area (Å²) in [5.41, 5.74) is 11.4. The van der Waals surface area contributed by atoms with E-state index in [1.54, 1.807) is 0 Å². The molecule has 0 saturated carbocycles. The average Bonchev–Trinajstić information content (AvgIpc) is 2.31. The fourth-order valence-electron chi connectivity index (χ4n) is 3.60. The average molecular weight is 260 g/mol. The van der Waals surface area contributed by atoms with Crippen molar-refractivity contribution in [2.75, 3.05) is 23.7 Å². The molecule has 1 fully saturated rings. The molecule has 1 saturated heterocycles. The maximum Gasteiger partial charge on any atom is 0.0400 e. The summed E-state index contributed by atoms with van der Waals surface area (Å²) in [6.07, 6.45) is 5.33. The Labute approximate surface area is 118 Å². The number of nitrogens with zero attached hydrogens (tertiary/aromatic N) is 1. The predicted molar refractivity (Wildman–Crippen MR) is 84.8 cm³/mol. The smallest absolute Gasteiger partial charge is 0.0400 e. The van der Waals surface area contributed by atoms with E-state index in [0.717, 1.165) is 5.69 Å². The Bertz CT molecular complexity index is 437. The molecule has 2 nitrogen and oxygen atoms in total. The lowest BCUT2D eigenvalue weighted by molar-refractivity contribution is 0.173. The molecular formula is C17H28N2.